The molecule has 140 valence electrons. The summed E-state index contributed by atoms with van der Waals surface area (Å²) in [5.74, 6) is -0.00453. The molecule has 28 heavy (non-hydrogen) atoms. The minimum absolute atomic E-state index is 0.522. The maximum Gasteiger partial charge on any atom is 0.196 e. The number of nitrogens with zero attached hydrogens (tertiary/aromatic N) is 3. The lowest BCUT2D eigenvalue weighted by molar-refractivity contribution is -0.307. The second kappa shape index (κ2) is 6.64. The molecule has 0 saturated carbocycles. The largest absolute Gasteiger partial charge is 0.548 e. The van der Waals surface area contributed by atoms with E-state index in [1.807, 2.05) is 54.6 Å². The second-order valence-corrected chi connectivity index (χ2v) is 7.04. The third kappa shape index (κ3) is 2.69. The molecule has 1 atom stereocenters. The molecule has 0 aliphatic carbocycles. The Balaban J connectivity index is 1.80. The first kappa shape index (κ1) is 16.7. The van der Waals surface area contributed by atoms with Crippen LogP contribution in [0.1, 0.15) is 19.3 Å². The molecule has 1 aliphatic heterocycles. The van der Waals surface area contributed by atoms with Gasteiger partial charge in [0.05, 0.1) is 12.0 Å². The first-order valence-corrected chi connectivity index (χ1v) is 9.44. The molecular weight excluding hydrogens is 354 g/mol. The standard InChI is InChI=1S/C22H19N3O3/c26-22(27)16-11-6-7-13-25(16)21-19-18(15-10-4-5-12-17(15)28-19)23-20(24-21)14-8-2-1-3-9-14/h1-5,8-10,12,16H,6-7,11,13H2,(H,26,27)/p-1/t16-/m1/s1. The van der Waals surface area contributed by atoms with Crippen LogP contribution in [-0.2, 0) is 4.79 Å². The quantitative estimate of drug-likeness (QED) is 0.549. The van der Waals surface area contributed by atoms with Gasteiger partial charge in [0.15, 0.2) is 17.2 Å². The van der Waals surface area contributed by atoms with Crippen LogP contribution in [0.3, 0.4) is 0 Å². The number of para-hydroxylation sites is 1. The average molecular weight is 372 g/mol. The number of carboxylic acids is 1. The van der Waals surface area contributed by atoms with Crippen LogP contribution in [0, 0.1) is 0 Å². The smallest absolute Gasteiger partial charge is 0.196 e. The molecule has 2 aromatic carbocycles. The number of furan rings is 1. The van der Waals surface area contributed by atoms with Gasteiger partial charge >= 0.3 is 0 Å². The van der Waals surface area contributed by atoms with Crippen LogP contribution < -0.4 is 10.0 Å². The van der Waals surface area contributed by atoms with Gasteiger partial charge in [-0.3, -0.25) is 0 Å². The van der Waals surface area contributed by atoms with Gasteiger partial charge in [0.25, 0.3) is 0 Å². The molecule has 1 fully saturated rings. The van der Waals surface area contributed by atoms with Crippen molar-refractivity contribution in [3.05, 3.63) is 54.6 Å². The van der Waals surface area contributed by atoms with E-state index in [1.54, 1.807) is 4.90 Å². The molecule has 0 radical (unpaired) electrons. The lowest BCUT2D eigenvalue weighted by Crippen LogP contribution is -2.51. The summed E-state index contributed by atoms with van der Waals surface area (Å²) in [6.07, 6.45) is 2.29. The minimum atomic E-state index is -1.08. The van der Waals surface area contributed by atoms with Gasteiger partial charge in [0.2, 0.25) is 0 Å². The maximum atomic E-state index is 11.8. The number of hydrogen-bond acceptors (Lipinski definition) is 6. The first-order chi connectivity index (χ1) is 13.7. The molecule has 5 rings (SSSR count). The Hall–Kier alpha value is -3.41. The van der Waals surface area contributed by atoms with E-state index in [9.17, 15) is 9.90 Å². The van der Waals surface area contributed by atoms with Crippen LogP contribution in [0.25, 0.3) is 33.5 Å². The summed E-state index contributed by atoms with van der Waals surface area (Å²) in [6, 6.07) is 16.7. The fraction of sp³-hybridized carbons (Fsp3) is 0.227. The lowest BCUT2D eigenvalue weighted by Gasteiger charge is -2.37. The van der Waals surface area contributed by atoms with Gasteiger partial charge in [0, 0.05) is 17.5 Å². The predicted octanol–water partition coefficient (Wildman–Crippen LogP) is 3.15. The number of fused-ring (bicyclic) bond motifs is 3. The monoisotopic (exact) mass is 372 g/mol. The van der Waals surface area contributed by atoms with Crippen molar-refractivity contribution < 1.29 is 14.3 Å². The van der Waals surface area contributed by atoms with Crippen LogP contribution in [0.4, 0.5) is 5.82 Å². The van der Waals surface area contributed by atoms with E-state index < -0.39 is 12.0 Å². The van der Waals surface area contributed by atoms with E-state index in [4.69, 9.17) is 14.4 Å². The second-order valence-electron chi connectivity index (χ2n) is 7.04. The number of aromatic nitrogens is 2. The van der Waals surface area contributed by atoms with Crippen molar-refractivity contribution >= 4 is 33.9 Å². The summed E-state index contributed by atoms with van der Waals surface area (Å²) < 4.78 is 6.08. The molecule has 0 N–H and O–H groups in total. The number of carboxylic acid groups (broad SMARTS) is 1. The molecule has 6 nitrogen and oxygen atoms in total. The Morgan fingerprint density at radius 2 is 1.82 bits per heavy atom. The molecule has 1 aliphatic rings. The molecule has 3 heterocycles. The fourth-order valence-electron chi connectivity index (χ4n) is 3.92. The highest BCUT2D eigenvalue weighted by atomic mass is 16.4. The number of piperidine rings is 1. The molecule has 1 saturated heterocycles. The van der Waals surface area contributed by atoms with Crippen molar-refractivity contribution in [1.82, 2.24) is 9.97 Å². The Labute approximate surface area is 161 Å². The van der Waals surface area contributed by atoms with E-state index in [-0.39, 0.29) is 0 Å². The van der Waals surface area contributed by atoms with Gasteiger partial charge < -0.3 is 19.2 Å². The summed E-state index contributed by atoms with van der Waals surface area (Å²) >= 11 is 0. The predicted molar refractivity (Wildman–Crippen MR) is 105 cm³/mol. The van der Waals surface area contributed by atoms with Gasteiger partial charge in [-0.2, -0.15) is 0 Å². The van der Waals surface area contributed by atoms with Crippen LogP contribution in [-0.4, -0.2) is 28.5 Å². The van der Waals surface area contributed by atoms with Gasteiger partial charge in [-0.1, -0.05) is 42.5 Å². The number of carbonyl (C=O) groups excluding carboxylic acids is 1. The number of anilines is 1. The van der Waals surface area contributed by atoms with E-state index in [0.29, 0.717) is 41.3 Å². The van der Waals surface area contributed by atoms with Crippen molar-refractivity contribution in [1.29, 1.82) is 0 Å². The van der Waals surface area contributed by atoms with E-state index in [1.165, 1.54) is 0 Å². The lowest BCUT2D eigenvalue weighted by atomic mass is 10.0. The molecule has 0 amide bonds. The van der Waals surface area contributed by atoms with Gasteiger partial charge in [-0.25, -0.2) is 9.97 Å². The SMILES string of the molecule is O=C([O-])[C@H]1CCCCN1c1nc(-c2ccccc2)nc2c1oc1ccccc12. The summed E-state index contributed by atoms with van der Waals surface area (Å²) in [5, 5.41) is 12.7. The van der Waals surface area contributed by atoms with Gasteiger partial charge in [0.1, 0.15) is 11.1 Å². The highest BCUT2D eigenvalue weighted by Gasteiger charge is 2.29. The van der Waals surface area contributed by atoms with Crippen molar-refractivity contribution in [3.8, 4) is 11.4 Å². The van der Waals surface area contributed by atoms with Gasteiger partial charge in [-0.15, -0.1) is 0 Å². The average Bonchev–Trinajstić information content (AvgIpc) is 3.12. The Bertz CT molecular complexity index is 1170. The third-order valence-electron chi connectivity index (χ3n) is 5.28. The molecule has 6 heteroatoms. The van der Waals surface area contributed by atoms with E-state index in [2.05, 4.69) is 0 Å². The van der Waals surface area contributed by atoms with Crippen LogP contribution in [0.5, 0.6) is 0 Å². The number of carbonyl (C=O) groups is 1. The minimum Gasteiger partial charge on any atom is -0.548 e. The van der Waals surface area contributed by atoms with Crippen LogP contribution >= 0.6 is 0 Å². The normalized spacial score (nSPS) is 17.3. The Morgan fingerprint density at radius 1 is 1.04 bits per heavy atom. The Morgan fingerprint density at radius 3 is 2.64 bits per heavy atom. The van der Waals surface area contributed by atoms with Crippen molar-refractivity contribution in [2.75, 3.05) is 11.4 Å². The Kier molecular flexibility index (Phi) is 3.97. The first-order valence-electron chi connectivity index (χ1n) is 9.44. The molecular formula is C22H18N3O3-. The molecule has 0 spiro atoms. The van der Waals surface area contributed by atoms with Crippen LogP contribution in [0.15, 0.2) is 59.0 Å². The number of rotatable bonds is 3. The zero-order chi connectivity index (χ0) is 19.1. The summed E-state index contributed by atoms with van der Waals surface area (Å²) in [6.45, 7) is 0.593. The third-order valence-corrected chi connectivity index (χ3v) is 5.28. The highest BCUT2D eigenvalue weighted by molar-refractivity contribution is 6.06. The molecule has 0 bridgehead atoms. The highest BCUT2D eigenvalue weighted by Crippen LogP contribution is 2.36. The summed E-state index contributed by atoms with van der Waals surface area (Å²) in [5.41, 5.74) is 2.80. The molecule has 2 aromatic heterocycles. The van der Waals surface area contributed by atoms with Crippen molar-refractivity contribution in [2.24, 2.45) is 0 Å². The zero-order valence-corrected chi connectivity index (χ0v) is 15.2. The van der Waals surface area contributed by atoms with Crippen molar-refractivity contribution in [3.63, 3.8) is 0 Å². The number of benzene rings is 2. The summed E-state index contributed by atoms with van der Waals surface area (Å²) in [7, 11) is 0. The van der Waals surface area contributed by atoms with E-state index in [0.717, 1.165) is 23.8 Å². The van der Waals surface area contributed by atoms with Crippen molar-refractivity contribution in [2.45, 2.75) is 25.3 Å². The number of aliphatic carboxylic acids is 1. The summed E-state index contributed by atoms with van der Waals surface area (Å²) in [4.78, 5) is 23.1. The van der Waals surface area contributed by atoms with Crippen LogP contribution in [0.2, 0.25) is 0 Å². The maximum absolute atomic E-state index is 11.8. The van der Waals surface area contributed by atoms with Gasteiger partial charge in [-0.05, 0) is 31.4 Å². The molecule has 0 unspecified atom stereocenters. The fourth-order valence-corrected chi connectivity index (χ4v) is 3.92. The molecule has 4 aromatic rings. The number of hydrogen-bond donors (Lipinski definition) is 0. The van der Waals surface area contributed by atoms with E-state index >= 15 is 0 Å². The zero-order valence-electron chi connectivity index (χ0n) is 15.2. The topological polar surface area (TPSA) is 82.3 Å².